The normalized spacial score (nSPS) is 10.4. The zero-order valence-electron chi connectivity index (χ0n) is 8.61. The van der Waals surface area contributed by atoms with Gasteiger partial charge in [0, 0.05) is 13.1 Å². The zero-order chi connectivity index (χ0) is 11.4. The van der Waals surface area contributed by atoms with Crippen LogP contribution in [0.3, 0.4) is 0 Å². The van der Waals surface area contributed by atoms with E-state index in [-0.39, 0.29) is 5.82 Å². The number of nitrogens with zero attached hydrogens (tertiary/aromatic N) is 1. The minimum atomic E-state index is -0.338. The fourth-order valence-electron chi connectivity index (χ4n) is 1.41. The van der Waals surface area contributed by atoms with Crippen LogP contribution in [0, 0.1) is 5.82 Å². The van der Waals surface area contributed by atoms with Crippen molar-refractivity contribution >= 4 is 5.69 Å². The minimum absolute atomic E-state index is 0.338. The first-order chi connectivity index (χ1) is 7.83. The Bertz CT molecular complexity index is 470. The van der Waals surface area contributed by atoms with Gasteiger partial charge in [-0.25, -0.2) is 4.39 Å². The van der Waals surface area contributed by atoms with E-state index in [1.807, 2.05) is 0 Å². The van der Waals surface area contributed by atoms with Gasteiger partial charge >= 0.3 is 0 Å². The monoisotopic (exact) mass is 221 g/mol. The van der Waals surface area contributed by atoms with Crippen LogP contribution in [-0.2, 0) is 0 Å². The summed E-state index contributed by atoms with van der Waals surface area (Å²) >= 11 is 0. The lowest BCUT2D eigenvalue weighted by Crippen LogP contribution is -2.13. The van der Waals surface area contributed by atoms with E-state index >= 15 is 0 Å². The zero-order valence-corrected chi connectivity index (χ0v) is 8.61. The minimum Gasteiger partial charge on any atom is -0.379 e. The lowest BCUT2D eigenvalue weighted by molar-refractivity contribution is 0.430. The van der Waals surface area contributed by atoms with Gasteiger partial charge in [0.15, 0.2) is 5.76 Å². The van der Waals surface area contributed by atoms with Gasteiger partial charge in [0.25, 0.3) is 0 Å². The second-order valence-electron chi connectivity index (χ2n) is 3.26. The van der Waals surface area contributed by atoms with Crippen LogP contribution in [0.5, 0.6) is 0 Å². The molecule has 4 nitrogen and oxygen atoms in total. The molecule has 3 N–H and O–H groups in total. The van der Waals surface area contributed by atoms with Gasteiger partial charge in [0.1, 0.15) is 11.5 Å². The van der Waals surface area contributed by atoms with Crippen LogP contribution in [0.1, 0.15) is 0 Å². The van der Waals surface area contributed by atoms with Gasteiger partial charge in [-0.15, -0.1) is 0 Å². The van der Waals surface area contributed by atoms with E-state index in [9.17, 15) is 4.39 Å². The molecule has 84 valence electrons. The molecule has 0 aliphatic rings. The van der Waals surface area contributed by atoms with Crippen molar-refractivity contribution in [1.29, 1.82) is 0 Å². The highest BCUT2D eigenvalue weighted by Gasteiger charge is 2.13. The Kier molecular flexibility index (Phi) is 3.16. The highest BCUT2D eigenvalue weighted by molar-refractivity contribution is 5.72. The van der Waals surface area contributed by atoms with Crippen LogP contribution < -0.4 is 11.1 Å². The Morgan fingerprint density at radius 3 is 2.94 bits per heavy atom. The van der Waals surface area contributed by atoms with E-state index in [1.165, 1.54) is 12.3 Å². The Hall–Kier alpha value is -1.88. The summed E-state index contributed by atoms with van der Waals surface area (Å²) in [5.41, 5.74) is 6.41. The van der Waals surface area contributed by atoms with Crippen LogP contribution in [0.25, 0.3) is 11.3 Å². The van der Waals surface area contributed by atoms with Crippen LogP contribution in [-0.4, -0.2) is 18.2 Å². The molecule has 0 aliphatic heterocycles. The largest absolute Gasteiger partial charge is 0.379 e. The topological polar surface area (TPSA) is 64.1 Å². The van der Waals surface area contributed by atoms with E-state index in [1.54, 1.807) is 18.2 Å². The number of aromatic nitrogens is 1. The number of hydrogen-bond acceptors (Lipinski definition) is 4. The molecule has 0 atom stereocenters. The van der Waals surface area contributed by atoms with E-state index in [2.05, 4.69) is 10.5 Å². The molecule has 0 radical (unpaired) electrons. The summed E-state index contributed by atoms with van der Waals surface area (Å²) in [5.74, 6) is 0.0570. The van der Waals surface area contributed by atoms with Gasteiger partial charge in [-0.2, -0.15) is 0 Å². The SMILES string of the molecule is NCCNc1cnoc1-c1ccccc1F. The maximum absolute atomic E-state index is 13.5. The Morgan fingerprint density at radius 1 is 1.38 bits per heavy atom. The van der Waals surface area contributed by atoms with Crippen molar-refractivity contribution in [2.45, 2.75) is 0 Å². The van der Waals surface area contributed by atoms with Crippen LogP contribution >= 0.6 is 0 Å². The average Bonchev–Trinajstić information content (AvgIpc) is 2.75. The lowest BCUT2D eigenvalue weighted by Gasteiger charge is -2.04. The number of anilines is 1. The maximum Gasteiger partial charge on any atom is 0.192 e. The molecule has 2 aromatic rings. The summed E-state index contributed by atoms with van der Waals surface area (Å²) in [6, 6.07) is 6.39. The highest BCUT2D eigenvalue weighted by atomic mass is 19.1. The fraction of sp³-hybridized carbons (Fsp3) is 0.182. The number of halogens is 1. The highest BCUT2D eigenvalue weighted by Crippen LogP contribution is 2.29. The van der Waals surface area contributed by atoms with E-state index in [0.717, 1.165) is 0 Å². The van der Waals surface area contributed by atoms with Crippen molar-refractivity contribution in [3.63, 3.8) is 0 Å². The molecule has 5 heteroatoms. The summed E-state index contributed by atoms with van der Waals surface area (Å²) in [4.78, 5) is 0. The molecule has 1 aromatic carbocycles. The van der Waals surface area contributed by atoms with Crippen molar-refractivity contribution in [3.8, 4) is 11.3 Å². The molecule has 0 unspecified atom stereocenters. The Balaban J connectivity index is 2.33. The Labute approximate surface area is 92.2 Å². The first kappa shape index (κ1) is 10.6. The van der Waals surface area contributed by atoms with Gasteiger partial charge in [-0.3, -0.25) is 0 Å². The second kappa shape index (κ2) is 4.76. The molecule has 0 saturated heterocycles. The molecule has 1 heterocycles. The van der Waals surface area contributed by atoms with Gasteiger partial charge in [-0.05, 0) is 12.1 Å². The summed E-state index contributed by atoms with van der Waals surface area (Å²) < 4.78 is 18.6. The van der Waals surface area contributed by atoms with E-state index < -0.39 is 0 Å². The number of hydrogen-bond donors (Lipinski definition) is 2. The number of benzene rings is 1. The predicted octanol–water partition coefficient (Wildman–Crippen LogP) is 1.85. The van der Waals surface area contributed by atoms with Crippen LogP contribution in [0.15, 0.2) is 35.0 Å². The van der Waals surface area contributed by atoms with E-state index in [0.29, 0.717) is 30.1 Å². The average molecular weight is 221 g/mol. The summed E-state index contributed by atoms with van der Waals surface area (Å²) in [5, 5.41) is 6.67. The Morgan fingerprint density at radius 2 is 2.19 bits per heavy atom. The van der Waals surface area contributed by atoms with Gasteiger partial charge in [0.2, 0.25) is 0 Å². The molecule has 0 spiro atoms. The molecule has 0 amide bonds. The van der Waals surface area contributed by atoms with Crippen molar-refractivity contribution < 1.29 is 8.91 Å². The molecule has 1 aromatic heterocycles. The standard InChI is InChI=1S/C11H12FN3O/c12-9-4-2-1-3-8(9)11-10(7-15-16-11)14-6-5-13/h1-4,7,14H,5-6,13H2. The molecular formula is C11H12FN3O. The molecule has 0 fully saturated rings. The molecule has 0 bridgehead atoms. The third-order valence-corrected chi connectivity index (χ3v) is 2.15. The lowest BCUT2D eigenvalue weighted by atomic mass is 10.1. The van der Waals surface area contributed by atoms with Crippen molar-refractivity contribution in [2.24, 2.45) is 5.73 Å². The molecule has 16 heavy (non-hydrogen) atoms. The van der Waals surface area contributed by atoms with E-state index in [4.69, 9.17) is 10.3 Å². The number of nitrogens with two attached hydrogens (primary N) is 1. The van der Waals surface area contributed by atoms with Gasteiger partial charge < -0.3 is 15.6 Å². The van der Waals surface area contributed by atoms with Crippen molar-refractivity contribution in [3.05, 3.63) is 36.3 Å². The van der Waals surface area contributed by atoms with Gasteiger partial charge in [0.05, 0.1) is 11.8 Å². The number of rotatable bonds is 4. The summed E-state index contributed by atoms with van der Waals surface area (Å²) in [6.45, 7) is 1.07. The molecular weight excluding hydrogens is 209 g/mol. The first-order valence-electron chi connectivity index (χ1n) is 4.96. The third-order valence-electron chi connectivity index (χ3n) is 2.15. The second-order valence-corrected chi connectivity index (χ2v) is 3.26. The van der Waals surface area contributed by atoms with Gasteiger partial charge in [-0.1, -0.05) is 17.3 Å². The van der Waals surface area contributed by atoms with Crippen molar-refractivity contribution in [2.75, 3.05) is 18.4 Å². The van der Waals surface area contributed by atoms with Crippen molar-refractivity contribution in [1.82, 2.24) is 5.16 Å². The molecule has 2 rings (SSSR count). The summed E-state index contributed by atoms with van der Waals surface area (Å²) in [6.07, 6.45) is 1.51. The third kappa shape index (κ3) is 2.04. The fourth-order valence-corrected chi connectivity index (χ4v) is 1.41. The maximum atomic E-state index is 13.5. The predicted molar refractivity (Wildman–Crippen MR) is 59.4 cm³/mol. The number of nitrogens with one attached hydrogen (secondary N) is 1. The smallest absolute Gasteiger partial charge is 0.192 e. The van der Waals surface area contributed by atoms with Crippen LogP contribution in [0.2, 0.25) is 0 Å². The molecule has 0 saturated carbocycles. The quantitative estimate of drug-likeness (QED) is 0.827. The first-order valence-corrected chi connectivity index (χ1v) is 4.96. The molecule has 0 aliphatic carbocycles. The van der Waals surface area contributed by atoms with Crippen LogP contribution in [0.4, 0.5) is 10.1 Å². The summed E-state index contributed by atoms with van der Waals surface area (Å²) in [7, 11) is 0.